The van der Waals surface area contributed by atoms with Crippen molar-refractivity contribution in [3.05, 3.63) is 153 Å². The molecule has 5 aromatic rings. The Morgan fingerprint density at radius 3 is 2.25 bits per heavy atom. The predicted molar refractivity (Wildman–Crippen MR) is 214 cm³/mol. The van der Waals surface area contributed by atoms with Crippen LogP contribution < -0.4 is 16.0 Å². The quantitative estimate of drug-likeness (QED) is 0.0702. The van der Waals surface area contributed by atoms with Gasteiger partial charge in [0.2, 0.25) is 5.91 Å². The van der Waals surface area contributed by atoms with Gasteiger partial charge in [-0.15, -0.1) is 23.1 Å². The van der Waals surface area contributed by atoms with E-state index in [2.05, 4.69) is 16.0 Å². The van der Waals surface area contributed by atoms with Gasteiger partial charge in [0.15, 0.2) is 0 Å². The highest BCUT2D eigenvalue weighted by Crippen LogP contribution is 2.41. The maximum Gasteiger partial charge on any atom is 0.341 e. The molecule has 3 N–H and O–H groups in total. The van der Waals surface area contributed by atoms with E-state index in [9.17, 15) is 19.2 Å². The number of hydrogen-bond acceptors (Lipinski definition) is 7. The third-order valence-corrected chi connectivity index (χ3v) is 11.5. The minimum atomic E-state index is -0.696. The Bertz CT molecular complexity index is 2140. The molecule has 1 atom stereocenters. The Morgan fingerprint density at radius 1 is 0.811 bits per heavy atom. The molecule has 6 rings (SSSR count). The molecule has 4 aromatic carbocycles. The van der Waals surface area contributed by atoms with Gasteiger partial charge in [0, 0.05) is 26.0 Å². The van der Waals surface area contributed by atoms with E-state index in [-0.39, 0.29) is 11.6 Å². The van der Waals surface area contributed by atoms with Crippen molar-refractivity contribution in [2.75, 3.05) is 17.7 Å². The zero-order valence-corrected chi connectivity index (χ0v) is 31.4. The standard InChI is InChI=1S/C42H38ClN3O5S2/c1-51-42(50)36-32-22-10-2-3-11-24-35(32)53-41(36)46-40(49)37(27-15-6-4-7-16-27)52-31-21-14-20-30(26-31)44-39(48)34(25-29-19-12-13-23-33(29)43)45-38(47)28-17-8-5-9-18-28/h4-9,12-21,23,25-26,37H,2-3,10-11,22,24H2,1H3,(H,44,48)(H,45,47)(H,46,49)/b34-25+. The van der Waals surface area contributed by atoms with E-state index in [1.807, 2.05) is 36.4 Å². The molecular formula is C42H38ClN3O5S2. The number of fused-ring (bicyclic) bond motifs is 1. The number of carbonyl (C=O) groups excluding carboxylic acids is 4. The van der Waals surface area contributed by atoms with Crippen LogP contribution in [0, 0.1) is 0 Å². The Kier molecular flexibility index (Phi) is 12.8. The number of nitrogens with one attached hydrogen (secondary N) is 3. The number of halogens is 1. The van der Waals surface area contributed by atoms with Crippen molar-refractivity contribution >= 4 is 75.2 Å². The highest BCUT2D eigenvalue weighted by Gasteiger charge is 2.29. The highest BCUT2D eigenvalue weighted by molar-refractivity contribution is 8.00. The van der Waals surface area contributed by atoms with Gasteiger partial charge in [0.05, 0.1) is 12.7 Å². The van der Waals surface area contributed by atoms with Gasteiger partial charge in [0.25, 0.3) is 11.8 Å². The second-order valence-corrected chi connectivity index (χ2v) is 15.1. The molecule has 0 radical (unpaired) electrons. The lowest BCUT2D eigenvalue weighted by atomic mass is 9.96. The van der Waals surface area contributed by atoms with Gasteiger partial charge in [-0.1, -0.05) is 97.2 Å². The fourth-order valence-electron chi connectivity index (χ4n) is 6.08. The third kappa shape index (κ3) is 9.64. The van der Waals surface area contributed by atoms with Crippen LogP contribution in [-0.2, 0) is 27.2 Å². The van der Waals surface area contributed by atoms with Crippen molar-refractivity contribution in [3.8, 4) is 0 Å². The second kappa shape index (κ2) is 18.1. The maximum atomic E-state index is 14.2. The summed E-state index contributed by atoms with van der Waals surface area (Å²) in [7, 11) is 1.36. The summed E-state index contributed by atoms with van der Waals surface area (Å²) in [5.74, 6) is -1.75. The molecule has 0 fully saturated rings. The largest absolute Gasteiger partial charge is 0.465 e. The summed E-state index contributed by atoms with van der Waals surface area (Å²) >= 11 is 9.18. The Balaban J connectivity index is 1.25. The lowest BCUT2D eigenvalue weighted by Gasteiger charge is -2.18. The van der Waals surface area contributed by atoms with Gasteiger partial charge < -0.3 is 20.7 Å². The van der Waals surface area contributed by atoms with Crippen molar-refractivity contribution in [2.24, 2.45) is 0 Å². The number of rotatable bonds is 11. The zero-order chi connectivity index (χ0) is 37.2. The van der Waals surface area contributed by atoms with Crippen LogP contribution in [0.1, 0.15) is 73.2 Å². The summed E-state index contributed by atoms with van der Waals surface area (Å²) in [6, 6.07) is 32.2. The molecule has 3 amide bonds. The van der Waals surface area contributed by atoms with E-state index < -0.39 is 23.0 Å². The second-order valence-electron chi connectivity index (χ2n) is 12.4. The highest BCUT2D eigenvalue weighted by atomic mass is 35.5. The number of aryl methyl sites for hydroxylation is 1. The minimum Gasteiger partial charge on any atom is -0.465 e. The fraction of sp³-hybridized carbons (Fsp3) is 0.190. The molecule has 0 aliphatic heterocycles. The fourth-order valence-corrected chi connectivity index (χ4v) is 8.63. The van der Waals surface area contributed by atoms with Crippen LogP contribution in [0.25, 0.3) is 6.08 Å². The number of esters is 1. The van der Waals surface area contributed by atoms with Crippen molar-refractivity contribution in [3.63, 3.8) is 0 Å². The molecule has 53 heavy (non-hydrogen) atoms. The molecule has 0 bridgehead atoms. The number of carbonyl (C=O) groups is 4. The molecule has 0 saturated heterocycles. The van der Waals surface area contributed by atoms with E-state index in [0.717, 1.165) is 54.5 Å². The maximum absolute atomic E-state index is 14.2. The monoisotopic (exact) mass is 763 g/mol. The van der Waals surface area contributed by atoms with Crippen molar-refractivity contribution < 1.29 is 23.9 Å². The summed E-state index contributed by atoms with van der Waals surface area (Å²) in [4.78, 5) is 56.0. The third-order valence-electron chi connectivity index (χ3n) is 8.72. The van der Waals surface area contributed by atoms with E-state index in [1.165, 1.54) is 36.3 Å². The lowest BCUT2D eigenvalue weighted by Crippen LogP contribution is -2.30. The van der Waals surface area contributed by atoms with Crippen molar-refractivity contribution in [1.82, 2.24) is 5.32 Å². The van der Waals surface area contributed by atoms with Gasteiger partial charge in [-0.25, -0.2) is 4.79 Å². The van der Waals surface area contributed by atoms with Crippen molar-refractivity contribution in [2.45, 2.75) is 48.7 Å². The molecule has 1 unspecified atom stereocenters. The molecule has 1 aliphatic carbocycles. The number of benzene rings is 4. The Labute approximate surface area is 322 Å². The van der Waals surface area contributed by atoms with Crippen LogP contribution in [-0.4, -0.2) is 30.8 Å². The van der Waals surface area contributed by atoms with Crippen LogP contribution in [0.5, 0.6) is 0 Å². The van der Waals surface area contributed by atoms with E-state index >= 15 is 0 Å². The van der Waals surface area contributed by atoms with Crippen LogP contribution in [0.15, 0.2) is 120 Å². The predicted octanol–water partition coefficient (Wildman–Crippen LogP) is 9.73. The molecule has 1 aliphatic rings. The van der Waals surface area contributed by atoms with Gasteiger partial charge in [-0.2, -0.15) is 0 Å². The average Bonchev–Trinajstić information content (AvgIpc) is 3.49. The van der Waals surface area contributed by atoms with Gasteiger partial charge in [0.1, 0.15) is 15.9 Å². The van der Waals surface area contributed by atoms with Crippen LogP contribution in [0.4, 0.5) is 10.7 Å². The van der Waals surface area contributed by atoms with Crippen LogP contribution in [0.2, 0.25) is 5.02 Å². The first-order valence-corrected chi connectivity index (χ1v) is 19.4. The number of methoxy groups -OCH3 is 1. The van der Waals surface area contributed by atoms with E-state index in [4.69, 9.17) is 16.3 Å². The van der Waals surface area contributed by atoms with E-state index in [1.54, 1.807) is 72.8 Å². The number of amides is 3. The molecule has 0 saturated carbocycles. The van der Waals surface area contributed by atoms with E-state index in [0.29, 0.717) is 37.3 Å². The summed E-state index contributed by atoms with van der Waals surface area (Å²) in [5, 5.41) is 8.96. The number of anilines is 2. The SMILES string of the molecule is COC(=O)c1c(NC(=O)C(Sc2cccc(NC(=O)/C(=C\c3ccccc3Cl)NC(=O)c3ccccc3)c2)c2ccccc2)sc2c1CCCCCC2. The molecular weight excluding hydrogens is 726 g/mol. The normalized spacial score (nSPS) is 13.4. The number of thiophene rings is 1. The van der Waals surface area contributed by atoms with Gasteiger partial charge in [-0.05, 0) is 84.8 Å². The number of hydrogen-bond donors (Lipinski definition) is 3. The molecule has 11 heteroatoms. The minimum absolute atomic E-state index is 0.00184. The first kappa shape index (κ1) is 37.6. The zero-order valence-electron chi connectivity index (χ0n) is 29.0. The van der Waals surface area contributed by atoms with Crippen LogP contribution in [0.3, 0.4) is 0 Å². The lowest BCUT2D eigenvalue weighted by molar-refractivity contribution is -0.116. The Hall–Kier alpha value is -5.16. The Morgan fingerprint density at radius 2 is 1.51 bits per heavy atom. The average molecular weight is 764 g/mol. The topological polar surface area (TPSA) is 114 Å². The molecule has 0 spiro atoms. The summed E-state index contributed by atoms with van der Waals surface area (Å²) in [6.07, 6.45) is 7.42. The number of ether oxygens (including phenoxy) is 1. The van der Waals surface area contributed by atoms with Crippen LogP contribution >= 0.6 is 34.7 Å². The number of thioether (sulfide) groups is 1. The first-order chi connectivity index (χ1) is 25.8. The summed E-state index contributed by atoms with van der Waals surface area (Å²) < 4.78 is 5.18. The van der Waals surface area contributed by atoms with Crippen molar-refractivity contribution in [1.29, 1.82) is 0 Å². The first-order valence-electron chi connectivity index (χ1n) is 17.3. The van der Waals surface area contributed by atoms with Gasteiger partial charge >= 0.3 is 5.97 Å². The molecule has 1 aromatic heterocycles. The summed E-state index contributed by atoms with van der Waals surface area (Å²) in [6.45, 7) is 0. The molecule has 8 nitrogen and oxygen atoms in total. The molecule has 1 heterocycles. The molecule has 270 valence electrons. The van der Waals surface area contributed by atoms with Gasteiger partial charge in [-0.3, -0.25) is 14.4 Å². The smallest absolute Gasteiger partial charge is 0.341 e. The summed E-state index contributed by atoms with van der Waals surface area (Å²) in [5.41, 5.74) is 3.60.